The van der Waals surface area contributed by atoms with Crippen LogP contribution in [0.4, 0.5) is 0 Å². The van der Waals surface area contributed by atoms with Crippen LogP contribution in [0.1, 0.15) is 41.6 Å². The van der Waals surface area contributed by atoms with E-state index in [2.05, 4.69) is 64.9 Å². The first kappa shape index (κ1) is 16.5. The van der Waals surface area contributed by atoms with E-state index in [-0.39, 0.29) is 6.04 Å². The first-order chi connectivity index (χ1) is 10.1. The molecule has 0 bridgehead atoms. The van der Waals surface area contributed by atoms with Gasteiger partial charge in [-0.2, -0.15) is 11.3 Å². The molecule has 1 heterocycles. The molecule has 114 valence electrons. The van der Waals surface area contributed by atoms with E-state index in [4.69, 9.17) is 4.74 Å². The standard InChI is InChI=1S/C17H22BrNOS/c1-5-6-19-17(14-10-21-9-12(14)3)13-8-15(18)11(2)7-16(13)20-4/h7-10,17,19H,5-6H2,1-4H3. The molecule has 0 saturated carbocycles. The third-order valence-corrected chi connectivity index (χ3v) is 5.36. The average molecular weight is 368 g/mol. The van der Waals surface area contributed by atoms with Gasteiger partial charge in [-0.05, 0) is 66.4 Å². The Morgan fingerprint density at radius 2 is 1.95 bits per heavy atom. The largest absolute Gasteiger partial charge is 0.496 e. The molecule has 0 fully saturated rings. The second kappa shape index (κ2) is 7.43. The van der Waals surface area contributed by atoms with Crippen molar-refractivity contribution in [2.75, 3.05) is 13.7 Å². The fraction of sp³-hybridized carbons (Fsp3) is 0.412. The molecule has 0 saturated heterocycles. The van der Waals surface area contributed by atoms with Gasteiger partial charge in [-0.15, -0.1) is 0 Å². The maximum atomic E-state index is 5.62. The summed E-state index contributed by atoms with van der Waals surface area (Å²) in [5.41, 5.74) is 5.03. The Morgan fingerprint density at radius 3 is 2.52 bits per heavy atom. The van der Waals surface area contributed by atoms with E-state index in [1.165, 1.54) is 22.3 Å². The molecule has 1 atom stereocenters. The lowest BCUT2D eigenvalue weighted by Crippen LogP contribution is -2.24. The first-order valence-corrected chi connectivity index (χ1v) is 8.92. The van der Waals surface area contributed by atoms with Crippen LogP contribution in [0, 0.1) is 13.8 Å². The van der Waals surface area contributed by atoms with E-state index in [0.29, 0.717) is 0 Å². The van der Waals surface area contributed by atoms with Crippen molar-refractivity contribution in [3.63, 3.8) is 0 Å². The van der Waals surface area contributed by atoms with Gasteiger partial charge in [0.25, 0.3) is 0 Å². The fourth-order valence-electron chi connectivity index (χ4n) is 2.41. The van der Waals surface area contributed by atoms with Crippen molar-refractivity contribution in [3.8, 4) is 5.75 Å². The highest BCUT2D eigenvalue weighted by Gasteiger charge is 2.21. The summed E-state index contributed by atoms with van der Waals surface area (Å²) in [4.78, 5) is 0. The minimum absolute atomic E-state index is 0.169. The van der Waals surface area contributed by atoms with Crippen molar-refractivity contribution in [2.24, 2.45) is 0 Å². The Hall–Kier alpha value is -0.840. The summed E-state index contributed by atoms with van der Waals surface area (Å²) in [6, 6.07) is 4.45. The molecule has 0 radical (unpaired) electrons. The summed E-state index contributed by atoms with van der Waals surface area (Å²) < 4.78 is 6.74. The monoisotopic (exact) mass is 367 g/mol. The summed E-state index contributed by atoms with van der Waals surface area (Å²) in [6.07, 6.45) is 1.11. The van der Waals surface area contributed by atoms with Gasteiger partial charge in [-0.3, -0.25) is 0 Å². The number of rotatable bonds is 6. The quantitative estimate of drug-likeness (QED) is 0.754. The molecule has 2 aromatic rings. The molecule has 1 unspecified atom stereocenters. The van der Waals surface area contributed by atoms with Gasteiger partial charge in [0.15, 0.2) is 0 Å². The highest BCUT2D eigenvalue weighted by Crippen LogP contribution is 2.36. The SMILES string of the molecule is CCCNC(c1cscc1C)c1cc(Br)c(C)cc1OC. The van der Waals surface area contributed by atoms with Crippen molar-refractivity contribution >= 4 is 27.3 Å². The predicted molar refractivity (Wildman–Crippen MR) is 94.6 cm³/mol. The summed E-state index contributed by atoms with van der Waals surface area (Å²) >= 11 is 5.40. The minimum Gasteiger partial charge on any atom is -0.496 e. The molecule has 1 aromatic heterocycles. The van der Waals surface area contributed by atoms with Gasteiger partial charge in [0.1, 0.15) is 5.75 Å². The Labute approximate surface area is 139 Å². The third kappa shape index (κ3) is 3.68. The topological polar surface area (TPSA) is 21.3 Å². The number of hydrogen-bond donors (Lipinski definition) is 1. The number of benzene rings is 1. The summed E-state index contributed by atoms with van der Waals surface area (Å²) in [5, 5.41) is 8.09. The zero-order valence-electron chi connectivity index (χ0n) is 13.0. The second-order valence-electron chi connectivity index (χ2n) is 5.24. The summed E-state index contributed by atoms with van der Waals surface area (Å²) in [7, 11) is 1.74. The number of nitrogens with one attached hydrogen (secondary N) is 1. The van der Waals surface area contributed by atoms with Crippen molar-refractivity contribution in [1.29, 1.82) is 0 Å². The molecular weight excluding hydrogens is 346 g/mol. The number of methoxy groups -OCH3 is 1. The van der Waals surface area contributed by atoms with Crippen LogP contribution in [0.3, 0.4) is 0 Å². The van der Waals surface area contributed by atoms with Gasteiger partial charge >= 0.3 is 0 Å². The average Bonchev–Trinajstić information content (AvgIpc) is 2.89. The fourth-order valence-corrected chi connectivity index (χ4v) is 3.65. The second-order valence-corrected chi connectivity index (χ2v) is 6.84. The molecule has 0 aliphatic heterocycles. The lowest BCUT2D eigenvalue weighted by Gasteiger charge is -2.22. The maximum Gasteiger partial charge on any atom is 0.124 e. The van der Waals surface area contributed by atoms with Gasteiger partial charge in [-0.25, -0.2) is 0 Å². The van der Waals surface area contributed by atoms with Crippen LogP contribution in [0.5, 0.6) is 5.75 Å². The number of ether oxygens (including phenoxy) is 1. The number of thiophene rings is 1. The maximum absolute atomic E-state index is 5.62. The third-order valence-electron chi connectivity index (χ3n) is 3.63. The van der Waals surface area contributed by atoms with Gasteiger partial charge in [-0.1, -0.05) is 22.9 Å². The molecule has 2 rings (SSSR count). The molecule has 0 amide bonds. The van der Waals surface area contributed by atoms with E-state index in [1.54, 1.807) is 18.4 Å². The van der Waals surface area contributed by atoms with Crippen molar-refractivity contribution in [3.05, 3.63) is 49.6 Å². The molecule has 1 N–H and O–H groups in total. The van der Waals surface area contributed by atoms with E-state index < -0.39 is 0 Å². The molecule has 0 aliphatic rings. The normalized spacial score (nSPS) is 12.4. The Kier molecular flexibility index (Phi) is 5.85. The van der Waals surface area contributed by atoms with Gasteiger partial charge < -0.3 is 10.1 Å². The van der Waals surface area contributed by atoms with Crippen LogP contribution in [0.25, 0.3) is 0 Å². The number of aryl methyl sites for hydroxylation is 2. The summed E-state index contributed by atoms with van der Waals surface area (Å²) in [6.45, 7) is 7.42. The van der Waals surface area contributed by atoms with E-state index in [1.807, 2.05) is 0 Å². The Balaban J connectivity index is 2.51. The number of hydrogen-bond acceptors (Lipinski definition) is 3. The zero-order chi connectivity index (χ0) is 15.4. The lowest BCUT2D eigenvalue weighted by atomic mass is 9.96. The van der Waals surface area contributed by atoms with Crippen molar-refractivity contribution < 1.29 is 4.74 Å². The van der Waals surface area contributed by atoms with Gasteiger partial charge in [0, 0.05) is 10.0 Å². The Bertz CT molecular complexity index is 609. The van der Waals surface area contributed by atoms with Gasteiger partial charge in [0.2, 0.25) is 0 Å². The van der Waals surface area contributed by atoms with E-state index in [9.17, 15) is 0 Å². The van der Waals surface area contributed by atoms with E-state index >= 15 is 0 Å². The summed E-state index contributed by atoms with van der Waals surface area (Å²) in [5.74, 6) is 0.940. The molecule has 1 aromatic carbocycles. The highest BCUT2D eigenvalue weighted by molar-refractivity contribution is 9.10. The lowest BCUT2D eigenvalue weighted by molar-refractivity contribution is 0.403. The molecule has 21 heavy (non-hydrogen) atoms. The molecular formula is C17H22BrNOS. The number of halogens is 1. The Morgan fingerprint density at radius 1 is 1.19 bits per heavy atom. The van der Waals surface area contributed by atoms with E-state index in [0.717, 1.165) is 23.2 Å². The molecule has 0 aliphatic carbocycles. The first-order valence-electron chi connectivity index (χ1n) is 7.18. The van der Waals surface area contributed by atoms with Crippen molar-refractivity contribution in [1.82, 2.24) is 5.32 Å². The zero-order valence-corrected chi connectivity index (χ0v) is 15.4. The van der Waals surface area contributed by atoms with Crippen molar-refractivity contribution in [2.45, 2.75) is 33.2 Å². The smallest absolute Gasteiger partial charge is 0.124 e. The van der Waals surface area contributed by atoms with Crippen LogP contribution >= 0.6 is 27.3 Å². The molecule has 4 heteroatoms. The van der Waals surface area contributed by atoms with Crippen LogP contribution in [0.2, 0.25) is 0 Å². The molecule has 0 spiro atoms. The van der Waals surface area contributed by atoms with Crippen LogP contribution in [-0.4, -0.2) is 13.7 Å². The van der Waals surface area contributed by atoms with Crippen LogP contribution < -0.4 is 10.1 Å². The van der Waals surface area contributed by atoms with Gasteiger partial charge in [0.05, 0.1) is 13.2 Å². The highest BCUT2D eigenvalue weighted by atomic mass is 79.9. The minimum atomic E-state index is 0.169. The van der Waals surface area contributed by atoms with Crippen LogP contribution in [0.15, 0.2) is 27.4 Å². The van der Waals surface area contributed by atoms with Crippen LogP contribution in [-0.2, 0) is 0 Å². The molecule has 2 nitrogen and oxygen atoms in total. The predicted octanol–water partition coefficient (Wildman–Crippen LogP) is 5.23.